The lowest BCUT2D eigenvalue weighted by atomic mass is 9.49. The molecule has 0 spiro atoms. The van der Waals surface area contributed by atoms with Crippen LogP contribution in [0, 0.1) is 23.2 Å². The van der Waals surface area contributed by atoms with Crippen molar-refractivity contribution in [2.24, 2.45) is 23.2 Å². The lowest BCUT2D eigenvalue weighted by molar-refractivity contribution is -0.122. The molecule has 0 saturated heterocycles. The number of hydrogen-bond acceptors (Lipinski definition) is 3. The third kappa shape index (κ3) is 3.18. The van der Waals surface area contributed by atoms with Crippen LogP contribution >= 0.6 is 0 Å². The van der Waals surface area contributed by atoms with Crippen LogP contribution in [-0.2, 0) is 4.79 Å². The topological polar surface area (TPSA) is 54.3 Å². The van der Waals surface area contributed by atoms with Gasteiger partial charge < -0.3 is 9.73 Å². The van der Waals surface area contributed by atoms with Crippen molar-refractivity contribution in [3.05, 3.63) is 24.2 Å². The summed E-state index contributed by atoms with van der Waals surface area (Å²) in [6.45, 7) is 3.26. The second-order valence-corrected chi connectivity index (χ2v) is 8.31. The Morgan fingerprint density at radius 1 is 1.26 bits per heavy atom. The van der Waals surface area contributed by atoms with Crippen LogP contribution < -0.4 is 10.6 Å². The molecule has 4 saturated carbocycles. The predicted octanol–water partition coefficient (Wildman–Crippen LogP) is 3.26. The molecule has 126 valence electrons. The van der Waals surface area contributed by atoms with Gasteiger partial charge in [0.05, 0.1) is 18.8 Å². The first kappa shape index (κ1) is 15.3. The minimum Gasteiger partial charge on any atom is -0.468 e. The van der Waals surface area contributed by atoms with Crippen molar-refractivity contribution in [1.82, 2.24) is 10.6 Å². The standard InChI is InChI=1S/C19H28N2O2/c1-13(17-3-2-4-23-17)20-11-18(22)21-12-19-8-14-5-15(9-19)7-16(6-14)10-19/h2-4,13-16,20H,5-12H2,1H3,(H,21,22)/t13-,14?,15?,16?,19?/m0/s1. The summed E-state index contributed by atoms with van der Waals surface area (Å²) in [6, 6.07) is 3.88. The van der Waals surface area contributed by atoms with Crippen molar-refractivity contribution in [3.63, 3.8) is 0 Å². The van der Waals surface area contributed by atoms with E-state index in [1.54, 1.807) is 6.26 Å². The van der Waals surface area contributed by atoms with E-state index in [0.29, 0.717) is 12.0 Å². The fourth-order valence-electron chi connectivity index (χ4n) is 5.74. The molecule has 0 unspecified atom stereocenters. The smallest absolute Gasteiger partial charge is 0.233 e. The second-order valence-electron chi connectivity index (χ2n) is 8.31. The Morgan fingerprint density at radius 2 is 1.91 bits per heavy atom. The Bertz CT molecular complexity index is 516. The molecule has 1 aromatic rings. The van der Waals surface area contributed by atoms with Crippen molar-refractivity contribution in [1.29, 1.82) is 0 Å². The quantitative estimate of drug-likeness (QED) is 0.847. The first-order valence-corrected chi connectivity index (χ1v) is 9.15. The van der Waals surface area contributed by atoms with Gasteiger partial charge in [0.2, 0.25) is 5.91 Å². The normalized spacial score (nSPS) is 36.1. The van der Waals surface area contributed by atoms with E-state index in [9.17, 15) is 4.79 Å². The summed E-state index contributed by atoms with van der Waals surface area (Å²) in [5.74, 6) is 3.80. The average Bonchev–Trinajstić information content (AvgIpc) is 3.04. The van der Waals surface area contributed by atoms with Gasteiger partial charge in [-0.15, -0.1) is 0 Å². The van der Waals surface area contributed by atoms with Crippen LogP contribution in [-0.4, -0.2) is 19.0 Å². The molecule has 23 heavy (non-hydrogen) atoms. The van der Waals surface area contributed by atoms with Gasteiger partial charge in [-0.1, -0.05) is 0 Å². The summed E-state index contributed by atoms with van der Waals surface area (Å²) in [4.78, 5) is 12.2. The van der Waals surface area contributed by atoms with Gasteiger partial charge in [0.25, 0.3) is 0 Å². The number of amides is 1. The SMILES string of the molecule is C[C@H](NCC(=O)NCC12CC3CC(CC(C3)C1)C2)c1ccco1. The van der Waals surface area contributed by atoms with Gasteiger partial charge >= 0.3 is 0 Å². The first-order valence-electron chi connectivity index (χ1n) is 9.15. The monoisotopic (exact) mass is 316 g/mol. The highest BCUT2D eigenvalue weighted by molar-refractivity contribution is 5.78. The Kier molecular flexibility index (Phi) is 3.96. The molecule has 1 atom stereocenters. The Morgan fingerprint density at radius 3 is 2.48 bits per heavy atom. The van der Waals surface area contributed by atoms with Gasteiger partial charge in [0.15, 0.2) is 0 Å². The molecule has 4 aliphatic carbocycles. The van der Waals surface area contributed by atoms with Crippen molar-refractivity contribution in [3.8, 4) is 0 Å². The molecule has 4 heteroatoms. The molecule has 1 amide bonds. The van der Waals surface area contributed by atoms with Crippen LogP contribution in [0.25, 0.3) is 0 Å². The van der Waals surface area contributed by atoms with Crippen LogP contribution in [0.15, 0.2) is 22.8 Å². The van der Waals surface area contributed by atoms with Crippen LogP contribution in [0.2, 0.25) is 0 Å². The molecule has 0 aromatic carbocycles. The molecule has 4 nitrogen and oxygen atoms in total. The van der Waals surface area contributed by atoms with Gasteiger partial charge in [-0.3, -0.25) is 10.1 Å². The molecule has 4 fully saturated rings. The average molecular weight is 316 g/mol. The highest BCUT2D eigenvalue weighted by Crippen LogP contribution is 2.59. The lowest BCUT2D eigenvalue weighted by Crippen LogP contribution is -2.51. The molecule has 0 aliphatic heterocycles. The zero-order chi connectivity index (χ0) is 15.9. The number of carbonyl (C=O) groups excluding carboxylic acids is 1. The highest BCUT2D eigenvalue weighted by Gasteiger charge is 2.50. The molecule has 4 aliphatic rings. The second kappa shape index (κ2) is 5.97. The van der Waals surface area contributed by atoms with Crippen LogP contribution in [0.5, 0.6) is 0 Å². The first-order chi connectivity index (χ1) is 11.1. The molecule has 0 radical (unpaired) electrons. The van der Waals surface area contributed by atoms with Crippen LogP contribution in [0.1, 0.15) is 57.3 Å². The molecule has 5 rings (SSSR count). The van der Waals surface area contributed by atoms with E-state index in [1.165, 1.54) is 38.5 Å². The Balaban J connectivity index is 1.25. The summed E-state index contributed by atoms with van der Waals surface area (Å²) in [6.07, 6.45) is 10.1. The predicted molar refractivity (Wildman–Crippen MR) is 88.7 cm³/mol. The number of nitrogens with one attached hydrogen (secondary N) is 2. The zero-order valence-electron chi connectivity index (χ0n) is 14.0. The molecule has 1 aromatic heterocycles. The van der Waals surface area contributed by atoms with Gasteiger partial charge in [0, 0.05) is 6.54 Å². The van der Waals surface area contributed by atoms with Crippen molar-refractivity contribution >= 4 is 5.91 Å². The van der Waals surface area contributed by atoms with E-state index < -0.39 is 0 Å². The van der Waals surface area contributed by atoms with Crippen molar-refractivity contribution < 1.29 is 9.21 Å². The van der Waals surface area contributed by atoms with E-state index in [2.05, 4.69) is 10.6 Å². The largest absolute Gasteiger partial charge is 0.468 e. The summed E-state index contributed by atoms with van der Waals surface area (Å²) >= 11 is 0. The van der Waals surface area contributed by atoms with Crippen LogP contribution in [0.3, 0.4) is 0 Å². The summed E-state index contributed by atoms with van der Waals surface area (Å²) in [5.41, 5.74) is 0.414. The minimum atomic E-state index is 0.0651. The van der Waals surface area contributed by atoms with Gasteiger partial charge in [-0.05, 0) is 80.8 Å². The van der Waals surface area contributed by atoms with Crippen molar-refractivity contribution in [2.45, 2.75) is 51.5 Å². The number of furan rings is 1. The fourth-order valence-corrected chi connectivity index (χ4v) is 5.74. The molecular weight excluding hydrogens is 288 g/mol. The van der Waals surface area contributed by atoms with Crippen LogP contribution in [0.4, 0.5) is 0 Å². The Labute approximate surface area is 138 Å². The molecule has 2 N–H and O–H groups in total. The maximum atomic E-state index is 12.2. The molecule has 1 heterocycles. The lowest BCUT2D eigenvalue weighted by Gasteiger charge is -2.56. The third-order valence-corrected chi connectivity index (χ3v) is 6.36. The van der Waals surface area contributed by atoms with E-state index >= 15 is 0 Å². The number of hydrogen-bond donors (Lipinski definition) is 2. The summed E-state index contributed by atoms with van der Waals surface area (Å²) in [5, 5.41) is 6.45. The number of rotatable bonds is 6. The fraction of sp³-hybridized carbons (Fsp3) is 0.737. The molecular formula is C19H28N2O2. The van der Waals surface area contributed by atoms with Crippen molar-refractivity contribution in [2.75, 3.05) is 13.1 Å². The zero-order valence-corrected chi connectivity index (χ0v) is 14.0. The summed E-state index contributed by atoms with van der Waals surface area (Å²) < 4.78 is 5.36. The summed E-state index contributed by atoms with van der Waals surface area (Å²) in [7, 11) is 0. The Hall–Kier alpha value is -1.29. The van der Waals surface area contributed by atoms with E-state index in [-0.39, 0.29) is 11.9 Å². The molecule has 4 bridgehead atoms. The third-order valence-electron chi connectivity index (χ3n) is 6.36. The van der Waals surface area contributed by atoms with Gasteiger partial charge in [-0.25, -0.2) is 0 Å². The van der Waals surface area contributed by atoms with Gasteiger partial charge in [-0.2, -0.15) is 0 Å². The maximum absolute atomic E-state index is 12.2. The number of carbonyl (C=O) groups is 1. The minimum absolute atomic E-state index is 0.0651. The van der Waals surface area contributed by atoms with E-state index in [0.717, 1.165) is 30.1 Å². The van der Waals surface area contributed by atoms with E-state index in [1.807, 2.05) is 19.1 Å². The van der Waals surface area contributed by atoms with Gasteiger partial charge in [0.1, 0.15) is 5.76 Å². The maximum Gasteiger partial charge on any atom is 0.233 e. The highest BCUT2D eigenvalue weighted by atomic mass is 16.3. The van der Waals surface area contributed by atoms with E-state index in [4.69, 9.17) is 4.42 Å².